The van der Waals surface area contributed by atoms with Gasteiger partial charge in [-0.15, -0.1) is 0 Å². The van der Waals surface area contributed by atoms with Crippen LogP contribution in [0.2, 0.25) is 0 Å². The Morgan fingerprint density at radius 2 is 1.53 bits per heavy atom. The summed E-state index contributed by atoms with van der Waals surface area (Å²) in [4.78, 5) is 35.7. The molecule has 45 heavy (non-hydrogen) atoms. The third-order valence-corrected chi connectivity index (χ3v) is 6.59. The summed E-state index contributed by atoms with van der Waals surface area (Å²) >= 11 is 0. The number of unbranched alkanes of at least 4 members (excludes halogenated alkanes) is 1. The van der Waals surface area contributed by atoms with Crippen LogP contribution in [0.1, 0.15) is 47.7 Å². The summed E-state index contributed by atoms with van der Waals surface area (Å²) in [6.45, 7) is 9.68. The smallest absolute Gasteiger partial charge is 0.343 e. The number of nitrogens with two attached hydrogens (primary N) is 1. The fourth-order valence-electron chi connectivity index (χ4n) is 4.27. The van der Waals surface area contributed by atoms with Crippen molar-refractivity contribution in [1.29, 1.82) is 0 Å². The van der Waals surface area contributed by atoms with Crippen molar-refractivity contribution in [3.63, 3.8) is 0 Å². The number of carbonyl (C=O) groups is 3. The van der Waals surface area contributed by atoms with Crippen molar-refractivity contribution < 1.29 is 43.5 Å². The molecule has 0 spiro atoms. The molecule has 3 aromatic rings. The molecule has 9 nitrogen and oxygen atoms in total. The van der Waals surface area contributed by atoms with Crippen molar-refractivity contribution in [3.05, 3.63) is 109 Å². The lowest BCUT2D eigenvalue weighted by molar-refractivity contribution is -0.148. The average Bonchev–Trinajstić information content (AvgIpc) is 3.07. The molecule has 0 aliphatic rings. The summed E-state index contributed by atoms with van der Waals surface area (Å²) in [6.07, 6.45) is 6.35. The van der Waals surface area contributed by atoms with Gasteiger partial charge in [0.25, 0.3) is 0 Å². The van der Waals surface area contributed by atoms with E-state index in [-0.39, 0.29) is 19.8 Å². The van der Waals surface area contributed by atoms with Crippen LogP contribution in [0.3, 0.4) is 0 Å². The molecule has 0 bridgehead atoms. The number of ether oxygens (including phenoxy) is 5. The molecule has 0 fully saturated rings. The highest BCUT2D eigenvalue weighted by molar-refractivity contribution is 5.92. The minimum atomic E-state index is -0.690. The van der Waals surface area contributed by atoms with Crippen LogP contribution in [0, 0.1) is 0 Å². The molecular formula is C36H40NO8+. The number of benzene rings is 3. The standard InChI is InChI=1S/C36H39NO8/c1-4-9-26-10-12-27(13-11-26)33-19-18-31(22-29(33)23-37)45-36(40)28-14-16-30(17-15-28)43-25-32(44-35(39)6-3)24-41-20-7-8-21-42-34(38)5-2/h5-6,10-19,22-23,32,37H,2-4,7-9,20-21,24-25H2,1H3/p+1. The molecule has 2 N–H and O–H groups in total. The monoisotopic (exact) mass is 614 g/mol. The first kappa shape index (κ1) is 34.5. The van der Waals surface area contributed by atoms with Gasteiger partial charge in [0.1, 0.15) is 18.1 Å². The van der Waals surface area contributed by atoms with Crippen molar-refractivity contribution in [2.75, 3.05) is 26.4 Å². The first-order valence-electron chi connectivity index (χ1n) is 14.8. The van der Waals surface area contributed by atoms with E-state index in [1.165, 1.54) is 11.8 Å². The van der Waals surface area contributed by atoms with Crippen molar-refractivity contribution in [2.45, 2.75) is 38.7 Å². The Bertz CT molecular complexity index is 1450. The van der Waals surface area contributed by atoms with E-state index in [4.69, 9.17) is 29.1 Å². The van der Waals surface area contributed by atoms with E-state index in [1.807, 2.05) is 6.07 Å². The molecule has 1 atom stereocenters. The number of esters is 3. The summed E-state index contributed by atoms with van der Waals surface area (Å²) < 4.78 is 27.2. The normalized spacial score (nSPS) is 11.1. The zero-order valence-corrected chi connectivity index (χ0v) is 25.6. The second-order valence-corrected chi connectivity index (χ2v) is 10.0. The van der Waals surface area contributed by atoms with Gasteiger partial charge in [-0.25, -0.2) is 14.4 Å². The Balaban J connectivity index is 1.52. The zero-order valence-electron chi connectivity index (χ0n) is 25.6. The Kier molecular flexibility index (Phi) is 14.2. The van der Waals surface area contributed by atoms with Crippen molar-refractivity contribution in [2.24, 2.45) is 0 Å². The highest BCUT2D eigenvalue weighted by Gasteiger charge is 2.16. The van der Waals surface area contributed by atoms with Gasteiger partial charge < -0.3 is 23.7 Å². The van der Waals surface area contributed by atoms with Crippen LogP contribution in [0.5, 0.6) is 11.5 Å². The highest BCUT2D eigenvalue weighted by Crippen LogP contribution is 2.27. The lowest BCUT2D eigenvalue weighted by Crippen LogP contribution is -2.30. The van der Waals surface area contributed by atoms with Gasteiger partial charge in [0.05, 0.1) is 18.8 Å². The maximum Gasteiger partial charge on any atom is 0.343 e. The summed E-state index contributed by atoms with van der Waals surface area (Å²) in [6, 6.07) is 20.1. The maximum atomic E-state index is 12.8. The van der Waals surface area contributed by atoms with Crippen LogP contribution in [0.15, 0.2) is 92.0 Å². The molecule has 0 heterocycles. The predicted octanol–water partition coefficient (Wildman–Crippen LogP) is 4.71. The number of hydrogen-bond acceptors (Lipinski definition) is 8. The number of aryl methyl sites for hydroxylation is 1. The fourth-order valence-corrected chi connectivity index (χ4v) is 4.27. The van der Waals surface area contributed by atoms with Crippen LogP contribution in [0.25, 0.3) is 11.1 Å². The Morgan fingerprint density at radius 1 is 0.844 bits per heavy atom. The highest BCUT2D eigenvalue weighted by atomic mass is 16.6. The maximum absolute atomic E-state index is 12.8. The lowest BCUT2D eigenvalue weighted by Gasteiger charge is -2.18. The van der Waals surface area contributed by atoms with Gasteiger partial charge in [0.2, 0.25) is 0 Å². The van der Waals surface area contributed by atoms with Gasteiger partial charge in [-0.1, -0.05) is 50.8 Å². The van der Waals surface area contributed by atoms with Crippen LogP contribution < -0.4 is 14.9 Å². The van der Waals surface area contributed by atoms with Gasteiger partial charge in [-0.2, -0.15) is 0 Å². The van der Waals surface area contributed by atoms with Crippen LogP contribution >= 0.6 is 0 Å². The van der Waals surface area contributed by atoms with E-state index >= 15 is 0 Å². The summed E-state index contributed by atoms with van der Waals surface area (Å²) in [5, 5.41) is 5.90. The molecule has 0 saturated carbocycles. The average molecular weight is 615 g/mol. The molecule has 3 aromatic carbocycles. The van der Waals surface area contributed by atoms with E-state index in [0.717, 1.165) is 41.7 Å². The molecule has 0 aliphatic carbocycles. The van der Waals surface area contributed by atoms with Crippen LogP contribution in [0.4, 0.5) is 0 Å². The largest absolute Gasteiger partial charge is 0.490 e. The number of hydrogen-bond donors (Lipinski definition) is 1. The second-order valence-electron chi connectivity index (χ2n) is 10.0. The van der Waals surface area contributed by atoms with Crippen molar-refractivity contribution in [1.82, 2.24) is 0 Å². The fraction of sp³-hybridized carbons (Fsp3) is 0.278. The van der Waals surface area contributed by atoms with E-state index in [1.54, 1.807) is 36.4 Å². The minimum absolute atomic E-state index is 0.0202. The first-order chi connectivity index (χ1) is 21.9. The van der Waals surface area contributed by atoms with E-state index in [9.17, 15) is 14.4 Å². The molecule has 0 saturated heterocycles. The summed E-state index contributed by atoms with van der Waals surface area (Å²) in [5.41, 5.74) is 4.32. The molecule has 3 rings (SSSR count). The Morgan fingerprint density at radius 3 is 2.20 bits per heavy atom. The SMILES string of the molecule is C=CC(=O)OCCCCOCC(COc1ccc(C(=O)Oc2ccc(-c3ccc(CCC)cc3)c(C=[NH2+])c2)cc1)OC(=O)C=C. The predicted molar refractivity (Wildman–Crippen MR) is 171 cm³/mol. The zero-order chi connectivity index (χ0) is 32.4. The molecule has 236 valence electrons. The Hall–Kier alpha value is -5.02. The van der Waals surface area contributed by atoms with Crippen LogP contribution in [-0.4, -0.2) is 56.7 Å². The van der Waals surface area contributed by atoms with Gasteiger partial charge in [0, 0.05) is 24.3 Å². The minimum Gasteiger partial charge on any atom is -0.490 e. The van der Waals surface area contributed by atoms with Crippen molar-refractivity contribution >= 4 is 24.1 Å². The molecule has 0 amide bonds. The molecule has 0 aliphatic heterocycles. The van der Waals surface area contributed by atoms with Crippen molar-refractivity contribution in [3.8, 4) is 22.6 Å². The molecule has 9 heteroatoms. The third-order valence-electron chi connectivity index (χ3n) is 6.59. The van der Waals surface area contributed by atoms with Crippen LogP contribution in [-0.2, 0) is 30.2 Å². The molecular weight excluding hydrogens is 574 g/mol. The Labute approximate surface area is 263 Å². The topological polar surface area (TPSA) is 123 Å². The van der Waals surface area contributed by atoms with Gasteiger partial charge in [-0.3, -0.25) is 5.41 Å². The molecule has 0 aromatic heterocycles. The first-order valence-corrected chi connectivity index (χ1v) is 14.8. The van der Waals surface area contributed by atoms with E-state index in [2.05, 4.69) is 44.3 Å². The second kappa shape index (κ2) is 18.6. The third kappa shape index (κ3) is 11.5. The van der Waals surface area contributed by atoms with Gasteiger partial charge in [-0.05, 0) is 78.4 Å². The van der Waals surface area contributed by atoms with E-state index in [0.29, 0.717) is 36.5 Å². The summed E-state index contributed by atoms with van der Waals surface area (Å²) in [5.74, 6) is -0.775. The van der Waals surface area contributed by atoms with Gasteiger partial charge >= 0.3 is 17.9 Å². The summed E-state index contributed by atoms with van der Waals surface area (Å²) in [7, 11) is 0. The molecule has 1 unspecified atom stereocenters. The molecule has 0 radical (unpaired) electrons. The quantitative estimate of drug-likeness (QED) is 0.0678. The number of carbonyl (C=O) groups excluding carboxylic acids is 3. The van der Waals surface area contributed by atoms with E-state index < -0.39 is 24.0 Å². The van der Waals surface area contributed by atoms with Gasteiger partial charge in [0.15, 0.2) is 12.3 Å². The number of rotatable bonds is 19. The lowest BCUT2D eigenvalue weighted by atomic mass is 9.98.